The van der Waals surface area contributed by atoms with Gasteiger partial charge in [-0.25, -0.2) is 9.59 Å². The summed E-state index contributed by atoms with van der Waals surface area (Å²) in [6, 6.07) is 15.2. The molecule has 3 aliphatic rings. The third kappa shape index (κ3) is 4.55. The number of hydrogen-bond acceptors (Lipinski definition) is 4. The lowest BCUT2D eigenvalue weighted by Crippen LogP contribution is -2.47. The molecule has 3 N–H and O–H groups in total. The smallest absolute Gasteiger partial charge is 0.407 e. The van der Waals surface area contributed by atoms with Crippen LogP contribution in [-0.2, 0) is 14.3 Å². The number of aliphatic carboxylic acids is 1. The van der Waals surface area contributed by atoms with Gasteiger partial charge in [-0.15, -0.1) is 0 Å². The summed E-state index contributed by atoms with van der Waals surface area (Å²) < 4.78 is 5.61. The molecule has 7 heteroatoms. The van der Waals surface area contributed by atoms with Gasteiger partial charge in [0.15, 0.2) is 0 Å². The zero-order valence-corrected chi connectivity index (χ0v) is 18.8. The zero-order chi connectivity index (χ0) is 23.7. The number of carbonyl (C=O) groups excluding carboxylic acids is 2. The van der Waals surface area contributed by atoms with E-state index in [-0.39, 0.29) is 36.3 Å². The van der Waals surface area contributed by atoms with Crippen molar-refractivity contribution < 1.29 is 24.2 Å². The Morgan fingerprint density at radius 3 is 2.26 bits per heavy atom. The maximum absolute atomic E-state index is 12.7. The third-order valence-corrected chi connectivity index (χ3v) is 7.00. The van der Waals surface area contributed by atoms with Crippen molar-refractivity contribution in [3.63, 3.8) is 0 Å². The second-order valence-electron chi connectivity index (χ2n) is 9.33. The largest absolute Gasteiger partial charge is 0.480 e. The van der Waals surface area contributed by atoms with Crippen LogP contribution in [0.5, 0.6) is 0 Å². The van der Waals surface area contributed by atoms with E-state index < -0.39 is 18.1 Å². The highest BCUT2D eigenvalue weighted by atomic mass is 16.5. The number of allylic oxidation sites excluding steroid dienone is 1. The van der Waals surface area contributed by atoms with Crippen LogP contribution in [0, 0.1) is 11.8 Å². The van der Waals surface area contributed by atoms with Gasteiger partial charge in [0, 0.05) is 11.8 Å². The lowest BCUT2D eigenvalue weighted by Gasteiger charge is -2.26. The number of carbonyl (C=O) groups is 3. The average molecular weight is 461 g/mol. The monoisotopic (exact) mass is 460 g/mol. The van der Waals surface area contributed by atoms with Crippen molar-refractivity contribution in [2.45, 2.75) is 43.7 Å². The number of carboxylic acid groups (broad SMARTS) is 1. The van der Waals surface area contributed by atoms with Crippen molar-refractivity contribution in [1.82, 2.24) is 10.6 Å². The van der Waals surface area contributed by atoms with Crippen molar-refractivity contribution in [1.29, 1.82) is 0 Å². The number of alkyl carbamates (subject to hydrolysis) is 1. The molecule has 0 bridgehead atoms. The topological polar surface area (TPSA) is 105 Å². The molecule has 0 aromatic heterocycles. The summed E-state index contributed by atoms with van der Waals surface area (Å²) in [6.45, 7) is 0.224. The van der Waals surface area contributed by atoms with E-state index in [1.807, 2.05) is 36.4 Å². The second kappa shape index (κ2) is 9.33. The molecule has 2 aromatic rings. The molecule has 3 aliphatic carbocycles. The first-order valence-electron chi connectivity index (χ1n) is 11.8. The van der Waals surface area contributed by atoms with Gasteiger partial charge in [0.25, 0.3) is 0 Å². The second-order valence-corrected chi connectivity index (χ2v) is 9.33. The number of carboxylic acids is 1. The predicted octanol–water partition coefficient (Wildman–Crippen LogP) is 3.84. The van der Waals surface area contributed by atoms with Gasteiger partial charge in [0.2, 0.25) is 5.91 Å². The van der Waals surface area contributed by atoms with Crippen molar-refractivity contribution >= 4 is 18.0 Å². The van der Waals surface area contributed by atoms with Gasteiger partial charge in [-0.3, -0.25) is 4.79 Å². The van der Waals surface area contributed by atoms with Crippen molar-refractivity contribution in [3.8, 4) is 11.1 Å². The van der Waals surface area contributed by atoms with Crippen LogP contribution in [0.15, 0.2) is 60.7 Å². The highest BCUT2D eigenvalue weighted by molar-refractivity contribution is 5.86. The molecule has 1 saturated carbocycles. The van der Waals surface area contributed by atoms with Crippen LogP contribution < -0.4 is 10.6 Å². The SMILES string of the molecule is O=C(N[C@@H]1C=CC[C@@H](C(=O)NC(C(=O)O)C2CC2)C1)OCC1c2ccccc2-c2ccccc21. The fourth-order valence-electron chi connectivity index (χ4n) is 5.08. The minimum absolute atomic E-state index is 0.0195. The lowest BCUT2D eigenvalue weighted by atomic mass is 9.90. The Morgan fingerprint density at radius 2 is 1.65 bits per heavy atom. The summed E-state index contributed by atoms with van der Waals surface area (Å²) >= 11 is 0. The van der Waals surface area contributed by atoms with E-state index in [4.69, 9.17) is 4.74 Å². The number of nitrogens with one attached hydrogen (secondary N) is 2. The molecule has 2 aromatic carbocycles. The Kier molecular flexibility index (Phi) is 6.09. The number of amides is 2. The van der Waals surface area contributed by atoms with E-state index in [0.717, 1.165) is 24.0 Å². The lowest BCUT2D eigenvalue weighted by molar-refractivity contribution is -0.143. The molecule has 0 saturated heterocycles. The minimum atomic E-state index is -0.990. The van der Waals surface area contributed by atoms with Gasteiger partial charge in [0.05, 0.1) is 6.04 Å². The fraction of sp³-hybridized carbons (Fsp3) is 0.370. The average Bonchev–Trinajstić information content (AvgIpc) is 3.63. The molecular formula is C27H28N2O5. The quantitative estimate of drug-likeness (QED) is 0.545. The number of fused-ring (bicyclic) bond motifs is 3. The Labute approximate surface area is 198 Å². The summed E-state index contributed by atoms with van der Waals surface area (Å²) in [5, 5.41) is 14.9. The van der Waals surface area contributed by atoms with Gasteiger partial charge in [-0.05, 0) is 53.9 Å². The molecule has 1 unspecified atom stereocenters. The molecule has 7 nitrogen and oxygen atoms in total. The molecule has 176 valence electrons. The molecule has 3 atom stereocenters. The number of rotatable bonds is 7. The van der Waals surface area contributed by atoms with Crippen LogP contribution in [-0.4, -0.2) is 41.8 Å². The fourth-order valence-corrected chi connectivity index (χ4v) is 5.08. The molecule has 2 amide bonds. The number of hydrogen-bond donors (Lipinski definition) is 3. The van der Waals surface area contributed by atoms with E-state index in [0.29, 0.717) is 12.8 Å². The summed E-state index contributed by atoms with van der Waals surface area (Å²) in [5.41, 5.74) is 4.63. The van der Waals surface area contributed by atoms with Crippen molar-refractivity contribution in [2.75, 3.05) is 6.61 Å². The van der Waals surface area contributed by atoms with Gasteiger partial charge >= 0.3 is 12.1 Å². The van der Waals surface area contributed by atoms with Crippen molar-refractivity contribution in [2.24, 2.45) is 11.8 Å². The first-order valence-corrected chi connectivity index (χ1v) is 11.8. The van der Waals surface area contributed by atoms with E-state index in [1.165, 1.54) is 11.1 Å². The first kappa shape index (κ1) is 22.2. The zero-order valence-electron chi connectivity index (χ0n) is 18.8. The third-order valence-electron chi connectivity index (χ3n) is 7.00. The Bertz CT molecular complexity index is 1090. The number of ether oxygens (including phenoxy) is 1. The predicted molar refractivity (Wildman–Crippen MR) is 126 cm³/mol. The summed E-state index contributed by atoms with van der Waals surface area (Å²) in [6.07, 6.45) is 5.77. The van der Waals surface area contributed by atoms with Crippen LogP contribution in [0.1, 0.15) is 42.7 Å². The molecule has 0 radical (unpaired) electrons. The van der Waals surface area contributed by atoms with Crippen LogP contribution in [0.4, 0.5) is 4.79 Å². The Balaban J connectivity index is 1.16. The normalized spacial score (nSPS) is 21.8. The summed E-state index contributed by atoms with van der Waals surface area (Å²) in [7, 11) is 0. The standard InChI is InChI=1S/C27H28N2O5/c30-25(29-24(26(31)32)16-12-13-16)17-6-5-7-18(14-17)28-27(33)34-15-23-21-10-3-1-8-19(21)20-9-2-4-11-22(20)23/h1-5,7-11,16-18,23-24H,6,12-15H2,(H,28,33)(H,29,30)(H,31,32)/t17-,18-,24?/m1/s1. The molecule has 0 aliphatic heterocycles. The maximum Gasteiger partial charge on any atom is 0.407 e. The minimum Gasteiger partial charge on any atom is -0.480 e. The first-order chi connectivity index (χ1) is 16.5. The van der Waals surface area contributed by atoms with Crippen LogP contribution in [0.25, 0.3) is 11.1 Å². The van der Waals surface area contributed by atoms with Gasteiger partial charge in [-0.2, -0.15) is 0 Å². The summed E-state index contributed by atoms with van der Waals surface area (Å²) in [5.74, 6) is -1.65. The number of benzene rings is 2. The molecular weight excluding hydrogens is 432 g/mol. The highest BCUT2D eigenvalue weighted by Crippen LogP contribution is 2.44. The Hall–Kier alpha value is -3.61. The van der Waals surface area contributed by atoms with Crippen LogP contribution in [0.3, 0.4) is 0 Å². The van der Waals surface area contributed by atoms with E-state index in [2.05, 4.69) is 34.9 Å². The van der Waals surface area contributed by atoms with Gasteiger partial charge in [-0.1, -0.05) is 60.7 Å². The molecule has 34 heavy (non-hydrogen) atoms. The van der Waals surface area contributed by atoms with E-state index >= 15 is 0 Å². The highest BCUT2D eigenvalue weighted by Gasteiger charge is 2.39. The van der Waals surface area contributed by atoms with Crippen LogP contribution >= 0.6 is 0 Å². The van der Waals surface area contributed by atoms with Gasteiger partial charge < -0.3 is 20.5 Å². The van der Waals surface area contributed by atoms with Crippen molar-refractivity contribution in [3.05, 3.63) is 71.8 Å². The molecule has 0 heterocycles. The van der Waals surface area contributed by atoms with E-state index in [9.17, 15) is 19.5 Å². The molecule has 0 spiro atoms. The molecule has 1 fully saturated rings. The summed E-state index contributed by atoms with van der Waals surface area (Å²) in [4.78, 5) is 36.7. The van der Waals surface area contributed by atoms with Crippen LogP contribution in [0.2, 0.25) is 0 Å². The molecule has 5 rings (SSSR count). The Morgan fingerprint density at radius 1 is 1.00 bits per heavy atom. The van der Waals surface area contributed by atoms with E-state index in [1.54, 1.807) is 0 Å². The van der Waals surface area contributed by atoms with Gasteiger partial charge in [0.1, 0.15) is 12.6 Å². The maximum atomic E-state index is 12.7.